The fraction of sp³-hybridized carbons (Fsp3) is 0.600. The van der Waals surface area contributed by atoms with E-state index in [9.17, 15) is 78.0 Å². The maximum absolute atomic E-state index is 12.4. The Morgan fingerprint density at radius 2 is 0.527 bits per heavy atom. The van der Waals surface area contributed by atoms with Gasteiger partial charge in [0.15, 0.2) is 0 Å². The fourth-order valence-electron chi connectivity index (χ4n) is 4.40. The van der Waals surface area contributed by atoms with Crippen molar-refractivity contribution in [1.29, 1.82) is 0 Å². The van der Waals surface area contributed by atoms with Crippen LogP contribution in [0.2, 0.25) is 0 Å². The van der Waals surface area contributed by atoms with Crippen LogP contribution in [0.5, 0.6) is 0 Å². The van der Waals surface area contributed by atoms with Gasteiger partial charge in [0.25, 0.3) is 0 Å². The third-order valence-electron chi connectivity index (χ3n) is 7.45. The first-order valence-electron chi connectivity index (χ1n) is 16.3. The van der Waals surface area contributed by atoms with Crippen molar-refractivity contribution in [1.82, 2.24) is 26.6 Å². The van der Waals surface area contributed by atoms with Crippen LogP contribution in [0.3, 0.4) is 0 Å². The molecule has 0 rings (SSSR count). The first-order chi connectivity index (χ1) is 25.5. The number of carbonyl (C=O) groups is 12. The molecular weight excluding hydrogens is 748 g/mol. The summed E-state index contributed by atoms with van der Waals surface area (Å²) in [6.07, 6.45) is -6.53. The Labute approximate surface area is 310 Å². The second-order valence-electron chi connectivity index (χ2n) is 11.9. The van der Waals surface area contributed by atoms with Crippen LogP contribution in [-0.4, -0.2) is 143 Å². The molecule has 0 fully saturated rings. The molecule has 6 atom stereocenters. The zero-order valence-corrected chi connectivity index (χ0v) is 29.1. The average Bonchev–Trinajstić information content (AvgIpc) is 3.08. The first kappa shape index (κ1) is 48.6. The van der Waals surface area contributed by atoms with Gasteiger partial charge in [0.05, 0.1) is 0 Å². The van der Waals surface area contributed by atoms with Gasteiger partial charge in [-0.05, 0) is 38.5 Å². The topological polar surface area (TPSA) is 433 Å². The normalized spacial score (nSPS) is 13.9. The number of nitrogens with one attached hydrogen (secondary N) is 5. The highest BCUT2D eigenvalue weighted by Crippen LogP contribution is 2.07. The molecule has 0 spiro atoms. The monoisotopic (exact) mass is 792 g/mol. The van der Waals surface area contributed by atoms with Crippen LogP contribution in [-0.2, 0) is 57.5 Å². The largest absolute Gasteiger partial charge is 0.481 e. The standard InChI is InChI=1S/C30H44N6O19/c31-13(25(44)45)1-7-19(37)32-14(26(46)47)2-8-20(38)33-15(27(48)49)3-9-21(39)34-16(28(50)51)4-10-22(40)35-17(29(52)53)5-11-23(41)36-18(30(54)55)6-12-24(42)43/h13-18H,1-12,31H2,(H,32,37)(H,33,38)(H,34,39)(H,35,40)(H,36,41)(H,42,43)(H,44,45)(H,46,47)(H,48,49)(H,50,51)(H,52,53)(H,54,55)/t13-,14-,15-,16-,17-,18-/m0/s1. The maximum Gasteiger partial charge on any atom is 0.326 e. The Balaban J connectivity index is 5.02. The Morgan fingerprint density at radius 3 is 0.709 bits per heavy atom. The smallest absolute Gasteiger partial charge is 0.326 e. The van der Waals surface area contributed by atoms with E-state index >= 15 is 0 Å². The number of carboxylic acid groups (broad SMARTS) is 7. The minimum atomic E-state index is -1.73. The van der Waals surface area contributed by atoms with E-state index in [-0.39, 0.29) is 6.42 Å². The van der Waals surface area contributed by atoms with E-state index in [0.29, 0.717) is 0 Å². The van der Waals surface area contributed by atoms with Gasteiger partial charge in [-0.25, -0.2) is 24.0 Å². The van der Waals surface area contributed by atoms with Crippen molar-refractivity contribution in [2.75, 3.05) is 0 Å². The summed E-state index contributed by atoms with van der Waals surface area (Å²) in [7, 11) is 0. The second-order valence-corrected chi connectivity index (χ2v) is 11.9. The molecule has 0 unspecified atom stereocenters. The maximum atomic E-state index is 12.4. The van der Waals surface area contributed by atoms with Crippen LogP contribution >= 0.6 is 0 Å². The van der Waals surface area contributed by atoms with Crippen LogP contribution in [0.15, 0.2) is 0 Å². The molecule has 0 bridgehead atoms. The van der Waals surface area contributed by atoms with Crippen molar-refractivity contribution in [2.24, 2.45) is 5.73 Å². The fourth-order valence-corrected chi connectivity index (χ4v) is 4.40. The predicted molar refractivity (Wildman–Crippen MR) is 176 cm³/mol. The predicted octanol–water partition coefficient (Wildman–Crippen LogP) is -3.99. The summed E-state index contributed by atoms with van der Waals surface area (Å²) in [6, 6.07) is -9.69. The molecule has 0 aromatic rings. The van der Waals surface area contributed by atoms with E-state index in [1.165, 1.54) is 0 Å². The van der Waals surface area contributed by atoms with E-state index in [0.717, 1.165) is 0 Å². The number of hydrogen-bond donors (Lipinski definition) is 13. The van der Waals surface area contributed by atoms with Gasteiger partial charge < -0.3 is 68.1 Å². The molecule has 0 heterocycles. The minimum Gasteiger partial charge on any atom is -0.481 e. The number of hydrogen-bond acceptors (Lipinski definition) is 13. The summed E-state index contributed by atoms with van der Waals surface area (Å²) in [5.74, 6) is -15.5. The molecule has 55 heavy (non-hydrogen) atoms. The van der Waals surface area contributed by atoms with E-state index in [2.05, 4.69) is 21.3 Å². The lowest BCUT2D eigenvalue weighted by atomic mass is 10.1. The average molecular weight is 793 g/mol. The number of carbonyl (C=O) groups excluding carboxylic acids is 5. The van der Waals surface area contributed by atoms with Gasteiger partial charge >= 0.3 is 41.8 Å². The SMILES string of the molecule is N[C@@H](CCC(=O)N[C@@H](CCC(=O)N[C@@H](CCC(=O)N[C@@H](CCC(=O)N[C@@H](CCC(=O)N[C@@H](CCC(=O)O)C(=O)O)C(=O)O)C(=O)O)C(=O)O)C(=O)O)C(=O)O. The van der Waals surface area contributed by atoms with E-state index in [4.69, 9.17) is 21.1 Å². The molecule has 25 heteroatoms. The van der Waals surface area contributed by atoms with Gasteiger partial charge in [-0.2, -0.15) is 0 Å². The molecule has 0 radical (unpaired) electrons. The zero-order valence-electron chi connectivity index (χ0n) is 29.1. The van der Waals surface area contributed by atoms with Crippen molar-refractivity contribution in [2.45, 2.75) is 113 Å². The Kier molecular flexibility index (Phi) is 21.9. The molecule has 0 aliphatic heterocycles. The van der Waals surface area contributed by atoms with Gasteiger partial charge in [-0.3, -0.25) is 33.6 Å². The molecule has 0 aromatic carbocycles. The van der Waals surface area contributed by atoms with Crippen molar-refractivity contribution in [3.05, 3.63) is 0 Å². The molecule has 14 N–H and O–H groups in total. The van der Waals surface area contributed by atoms with Gasteiger partial charge in [0.2, 0.25) is 29.5 Å². The van der Waals surface area contributed by atoms with Crippen molar-refractivity contribution in [3.8, 4) is 0 Å². The van der Waals surface area contributed by atoms with Crippen molar-refractivity contribution < 1.29 is 93.3 Å². The van der Waals surface area contributed by atoms with Crippen LogP contribution < -0.4 is 32.3 Å². The molecule has 5 amide bonds. The lowest BCUT2D eigenvalue weighted by molar-refractivity contribution is -0.144. The summed E-state index contributed by atoms with van der Waals surface area (Å²) >= 11 is 0. The molecule has 0 aliphatic rings. The van der Waals surface area contributed by atoms with Crippen molar-refractivity contribution >= 4 is 71.3 Å². The number of aliphatic carboxylic acids is 7. The Bertz CT molecular complexity index is 1470. The van der Waals surface area contributed by atoms with Crippen LogP contribution in [0.1, 0.15) is 77.0 Å². The Hall–Kier alpha value is -6.40. The zero-order chi connectivity index (χ0) is 42.4. The highest BCUT2D eigenvalue weighted by molar-refractivity contribution is 5.89. The molecule has 308 valence electrons. The summed E-state index contributed by atoms with van der Waals surface area (Å²) in [5, 5.41) is 74.5. The summed E-state index contributed by atoms with van der Waals surface area (Å²) in [5.41, 5.74) is 5.28. The summed E-state index contributed by atoms with van der Waals surface area (Å²) in [6.45, 7) is 0. The third-order valence-corrected chi connectivity index (χ3v) is 7.45. The van der Waals surface area contributed by atoms with Crippen molar-refractivity contribution in [3.63, 3.8) is 0 Å². The number of carboxylic acids is 7. The lowest BCUT2D eigenvalue weighted by Gasteiger charge is -2.19. The highest BCUT2D eigenvalue weighted by atomic mass is 16.4. The first-order valence-corrected chi connectivity index (χ1v) is 16.3. The molecule has 0 saturated heterocycles. The molecule has 0 saturated carbocycles. The van der Waals surface area contributed by atoms with Crippen LogP contribution in [0.25, 0.3) is 0 Å². The van der Waals surface area contributed by atoms with Gasteiger partial charge in [0.1, 0.15) is 36.3 Å². The molecular formula is C30H44N6O19. The number of nitrogens with two attached hydrogens (primary N) is 1. The van der Waals surface area contributed by atoms with Crippen LogP contribution in [0.4, 0.5) is 0 Å². The molecule has 0 aliphatic carbocycles. The van der Waals surface area contributed by atoms with Gasteiger partial charge in [0, 0.05) is 38.5 Å². The van der Waals surface area contributed by atoms with Crippen LogP contribution in [0, 0.1) is 0 Å². The highest BCUT2D eigenvalue weighted by Gasteiger charge is 2.28. The molecule has 25 nitrogen and oxygen atoms in total. The summed E-state index contributed by atoms with van der Waals surface area (Å²) < 4.78 is 0. The number of amides is 5. The van der Waals surface area contributed by atoms with E-state index < -0.39 is 178 Å². The van der Waals surface area contributed by atoms with E-state index in [1.807, 2.05) is 5.32 Å². The van der Waals surface area contributed by atoms with Gasteiger partial charge in [-0.15, -0.1) is 0 Å². The lowest BCUT2D eigenvalue weighted by Crippen LogP contribution is -2.46. The summed E-state index contributed by atoms with van der Waals surface area (Å²) in [4.78, 5) is 140. The molecule has 0 aromatic heterocycles. The second kappa shape index (κ2) is 24.8. The van der Waals surface area contributed by atoms with Gasteiger partial charge in [-0.1, -0.05) is 0 Å². The minimum absolute atomic E-state index is 0.304. The van der Waals surface area contributed by atoms with E-state index in [1.54, 1.807) is 0 Å². The number of rotatable bonds is 29. The quantitative estimate of drug-likeness (QED) is 0.0343. The Morgan fingerprint density at radius 1 is 0.327 bits per heavy atom. The third kappa shape index (κ3) is 21.7.